The molecule has 0 saturated carbocycles. The van der Waals surface area contributed by atoms with Crippen molar-refractivity contribution in [2.45, 2.75) is 5.66 Å². The van der Waals surface area contributed by atoms with Crippen LogP contribution in [0.1, 0.15) is 5.01 Å². The molecule has 1 unspecified atom stereocenters. The molecule has 3 aliphatic rings. The summed E-state index contributed by atoms with van der Waals surface area (Å²) < 4.78 is 12.2. The zero-order chi connectivity index (χ0) is 23.9. The number of thiazole rings is 1. The predicted octanol–water partition coefficient (Wildman–Crippen LogP) is 0.597. The Labute approximate surface area is 201 Å². The molecule has 2 saturated heterocycles. The molecule has 10 nitrogen and oxygen atoms in total. The summed E-state index contributed by atoms with van der Waals surface area (Å²) in [6.07, 6.45) is 5.13. The highest BCUT2D eigenvalue weighted by molar-refractivity contribution is 7.19. The summed E-state index contributed by atoms with van der Waals surface area (Å²) in [6.45, 7) is 4.28. The molecule has 0 radical (unpaired) electrons. The van der Waals surface area contributed by atoms with Crippen LogP contribution in [0.2, 0.25) is 0 Å². The first kappa shape index (κ1) is 22.6. The Morgan fingerprint density at radius 3 is 2.76 bits per heavy atom. The third-order valence-corrected chi connectivity index (χ3v) is 7.76. The fourth-order valence-electron chi connectivity index (χ4n) is 4.58. The number of likely N-dealkylation sites (N-methyl/N-ethyl adjacent to an activating group) is 1. The minimum Gasteiger partial charge on any atom is -0.494 e. The fourth-order valence-corrected chi connectivity index (χ4v) is 5.86. The molecule has 0 aliphatic carbocycles. The van der Waals surface area contributed by atoms with E-state index in [1.54, 1.807) is 37.4 Å². The Kier molecular flexibility index (Phi) is 5.92. The summed E-state index contributed by atoms with van der Waals surface area (Å²) in [6, 6.07) is 3.99. The van der Waals surface area contributed by atoms with Crippen LogP contribution in [0.4, 0.5) is 5.69 Å². The van der Waals surface area contributed by atoms with Gasteiger partial charge >= 0.3 is 0 Å². The van der Waals surface area contributed by atoms with Gasteiger partial charge in [-0.1, -0.05) is 0 Å². The van der Waals surface area contributed by atoms with Crippen molar-refractivity contribution in [1.29, 1.82) is 0 Å². The number of ether oxygens (including phenoxy) is 2. The molecule has 0 bridgehead atoms. The number of aromatic nitrogens is 1. The van der Waals surface area contributed by atoms with Crippen LogP contribution >= 0.6 is 11.3 Å². The maximum Gasteiger partial charge on any atom is 0.248 e. The van der Waals surface area contributed by atoms with Crippen LogP contribution in [0.15, 0.2) is 36.1 Å². The second-order valence-electron chi connectivity index (χ2n) is 8.53. The van der Waals surface area contributed by atoms with E-state index in [0.717, 1.165) is 29.0 Å². The Bertz CT molecular complexity index is 1190. The fraction of sp³-hybridized carbons (Fsp3) is 0.435. The summed E-state index contributed by atoms with van der Waals surface area (Å²) in [5, 5.41) is 4.11. The molecule has 1 aromatic carbocycles. The lowest BCUT2D eigenvalue weighted by Crippen LogP contribution is -2.61. The van der Waals surface area contributed by atoms with Gasteiger partial charge in [0.15, 0.2) is 5.66 Å². The van der Waals surface area contributed by atoms with Crippen molar-refractivity contribution in [3.8, 4) is 5.75 Å². The lowest BCUT2D eigenvalue weighted by atomic mass is 9.99. The van der Waals surface area contributed by atoms with E-state index in [1.165, 1.54) is 11.3 Å². The summed E-state index contributed by atoms with van der Waals surface area (Å²) in [5.41, 5.74) is 6.84. The molecule has 0 spiro atoms. The van der Waals surface area contributed by atoms with E-state index < -0.39 is 11.6 Å². The number of nitrogens with two attached hydrogens (primary N) is 1. The summed E-state index contributed by atoms with van der Waals surface area (Å²) in [5.74, 6) is 0.142. The van der Waals surface area contributed by atoms with Crippen molar-refractivity contribution >= 4 is 39.1 Å². The third-order valence-electron chi connectivity index (χ3n) is 6.55. The van der Waals surface area contributed by atoms with Gasteiger partial charge in [0.2, 0.25) is 11.8 Å². The number of benzene rings is 1. The predicted molar refractivity (Wildman–Crippen MR) is 130 cm³/mol. The second-order valence-corrected chi connectivity index (χ2v) is 9.53. The Morgan fingerprint density at radius 2 is 2.06 bits per heavy atom. The third kappa shape index (κ3) is 3.79. The maximum absolute atomic E-state index is 12.6. The van der Waals surface area contributed by atoms with Gasteiger partial charge in [0.25, 0.3) is 0 Å². The normalized spacial score (nSPS) is 23.7. The number of nitrogens with zero attached hydrogens (tertiary/aromatic N) is 4. The standard InChI is InChI=1S/C23H28N6O4S/c1-27-7-8-29(14-18(27)30)23(13-15(21(24)31)5-6-25-23)22-26-19-17(32-2)4-3-16(20(19)34-22)28-9-11-33-12-10-28/h3-6,13,25H,7-12,14H2,1-2H3,(H2,24,31). The number of rotatable bonds is 5. The van der Waals surface area contributed by atoms with E-state index in [1.807, 2.05) is 11.0 Å². The van der Waals surface area contributed by atoms with Crippen molar-refractivity contribution < 1.29 is 19.1 Å². The molecular weight excluding hydrogens is 456 g/mol. The topological polar surface area (TPSA) is 113 Å². The van der Waals surface area contributed by atoms with Gasteiger partial charge in [-0.05, 0) is 30.5 Å². The quantitative estimate of drug-likeness (QED) is 0.634. The largest absolute Gasteiger partial charge is 0.494 e. The first-order valence-electron chi connectivity index (χ1n) is 11.2. The van der Waals surface area contributed by atoms with Crippen LogP contribution in [0.5, 0.6) is 5.75 Å². The Balaban J connectivity index is 1.68. The van der Waals surface area contributed by atoms with Gasteiger partial charge in [0.1, 0.15) is 16.3 Å². The summed E-state index contributed by atoms with van der Waals surface area (Å²) in [7, 11) is 3.42. The average molecular weight is 485 g/mol. The molecule has 34 heavy (non-hydrogen) atoms. The van der Waals surface area contributed by atoms with Crippen LogP contribution in [0.25, 0.3) is 10.2 Å². The smallest absolute Gasteiger partial charge is 0.248 e. The van der Waals surface area contributed by atoms with Gasteiger partial charge in [0, 0.05) is 38.8 Å². The van der Waals surface area contributed by atoms with Crippen molar-refractivity contribution in [3.63, 3.8) is 0 Å². The monoisotopic (exact) mass is 484 g/mol. The zero-order valence-electron chi connectivity index (χ0n) is 19.2. The minimum atomic E-state index is -0.993. The van der Waals surface area contributed by atoms with Gasteiger partial charge in [0.05, 0.1) is 37.3 Å². The first-order chi connectivity index (χ1) is 16.4. The lowest BCUT2D eigenvalue weighted by molar-refractivity contribution is -0.137. The number of methoxy groups -OCH3 is 1. The summed E-state index contributed by atoms with van der Waals surface area (Å²) >= 11 is 1.53. The number of fused-ring (bicyclic) bond motifs is 1. The van der Waals surface area contributed by atoms with E-state index in [9.17, 15) is 9.59 Å². The molecule has 1 aromatic heterocycles. The Hall–Kier alpha value is -3.15. The molecule has 3 aliphatic heterocycles. The Morgan fingerprint density at radius 1 is 1.26 bits per heavy atom. The molecule has 4 heterocycles. The molecule has 2 fully saturated rings. The first-order valence-corrected chi connectivity index (χ1v) is 12.0. The van der Waals surface area contributed by atoms with Crippen molar-refractivity contribution in [2.24, 2.45) is 5.73 Å². The van der Waals surface area contributed by atoms with Gasteiger partial charge in [-0.3, -0.25) is 14.5 Å². The number of carbonyl (C=O) groups excluding carboxylic acids is 2. The molecule has 3 N–H and O–H groups in total. The number of hydrogen-bond donors (Lipinski definition) is 2. The number of piperazine rings is 1. The number of carbonyl (C=O) groups is 2. The average Bonchev–Trinajstić information content (AvgIpc) is 3.32. The molecular formula is C23H28N6O4S. The summed E-state index contributed by atoms with van der Waals surface area (Å²) in [4.78, 5) is 35.8. The van der Waals surface area contributed by atoms with Crippen molar-refractivity contribution in [2.75, 3.05) is 65.0 Å². The van der Waals surface area contributed by atoms with Crippen LogP contribution < -0.4 is 20.7 Å². The number of primary amides is 1. The maximum atomic E-state index is 12.6. The van der Waals surface area contributed by atoms with Crippen LogP contribution in [0, 0.1) is 0 Å². The van der Waals surface area contributed by atoms with E-state index in [-0.39, 0.29) is 12.5 Å². The molecule has 180 valence electrons. The van der Waals surface area contributed by atoms with Gasteiger partial charge < -0.3 is 30.3 Å². The van der Waals surface area contributed by atoms with E-state index in [0.29, 0.717) is 42.6 Å². The number of anilines is 1. The van der Waals surface area contributed by atoms with Crippen molar-refractivity contribution in [3.05, 3.63) is 41.1 Å². The number of dihydropyridines is 1. The van der Waals surface area contributed by atoms with Gasteiger partial charge in [-0.2, -0.15) is 0 Å². The van der Waals surface area contributed by atoms with E-state index in [2.05, 4.69) is 16.3 Å². The highest BCUT2D eigenvalue weighted by Gasteiger charge is 2.44. The van der Waals surface area contributed by atoms with Crippen molar-refractivity contribution in [1.82, 2.24) is 20.1 Å². The molecule has 5 rings (SSSR count). The van der Waals surface area contributed by atoms with Crippen LogP contribution in [-0.2, 0) is 20.0 Å². The number of nitrogens with one attached hydrogen (secondary N) is 1. The van der Waals surface area contributed by atoms with E-state index in [4.69, 9.17) is 20.2 Å². The number of hydrogen-bond acceptors (Lipinski definition) is 9. The molecule has 2 aromatic rings. The van der Waals surface area contributed by atoms with Gasteiger partial charge in [-0.15, -0.1) is 11.3 Å². The lowest BCUT2D eigenvalue weighted by Gasteiger charge is -2.45. The van der Waals surface area contributed by atoms with E-state index >= 15 is 0 Å². The molecule has 2 amide bonds. The minimum absolute atomic E-state index is 0.00343. The number of morpholine rings is 1. The highest BCUT2D eigenvalue weighted by Crippen LogP contribution is 2.43. The zero-order valence-corrected chi connectivity index (χ0v) is 20.1. The van der Waals surface area contributed by atoms with Crippen LogP contribution in [-0.4, -0.2) is 86.7 Å². The SMILES string of the molecule is COc1ccc(N2CCOCC2)c2sc(C3(N4CCN(C)C(=O)C4)C=C(C(N)=O)C=CN3)nc12. The van der Waals surface area contributed by atoms with Gasteiger partial charge in [-0.25, -0.2) is 4.98 Å². The molecule has 11 heteroatoms. The molecule has 1 atom stereocenters. The second kappa shape index (κ2) is 8.90. The highest BCUT2D eigenvalue weighted by atomic mass is 32.1. The van der Waals surface area contributed by atoms with Crippen LogP contribution in [0.3, 0.4) is 0 Å². The number of amides is 2.